The van der Waals surface area contributed by atoms with Crippen LogP contribution in [0.15, 0.2) is 103 Å². The molecule has 1 aliphatic rings. The van der Waals surface area contributed by atoms with Crippen molar-refractivity contribution in [1.82, 2.24) is 24.2 Å². The van der Waals surface area contributed by atoms with Gasteiger partial charge in [0.2, 0.25) is 5.95 Å². The minimum Gasteiger partial charge on any atom is -0.497 e. The number of hydrogen-bond donors (Lipinski definition) is 2. The number of fused-ring (bicyclic) bond motifs is 1. The summed E-state index contributed by atoms with van der Waals surface area (Å²) in [6.45, 7) is 14.4. The summed E-state index contributed by atoms with van der Waals surface area (Å²) in [5, 5.41) is 2.47. The minimum absolute atomic E-state index is 0.0190. The molecule has 2 N–H and O–H groups in total. The predicted molar refractivity (Wildman–Crippen MR) is 226 cm³/mol. The van der Waals surface area contributed by atoms with E-state index >= 15 is 0 Å². The number of nitrogens with zero attached hydrogens (tertiary/aromatic N) is 4. The lowest BCUT2D eigenvalue weighted by molar-refractivity contribution is -0.0911. The SMILES string of the molecule is C=CCOC(=O)Nc1nc2c(ncn2[C@H]2C[C@H](OP(OCC)N(C(C)C)C(C)C)[C@@H](COC(c3ccccc3)(c3ccc(OC)cc3)c3ccc(OC)cc3)O2)c(=O)[nH]1. The van der Waals surface area contributed by atoms with Gasteiger partial charge in [0.15, 0.2) is 11.2 Å². The number of aromatic amines is 1. The maximum absolute atomic E-state index is 13.2. The van der Waals surface area contributed by atoms with Crippen LogP contribution in [0.25, 0.3) is 11.2 Å². The Morgan fingerprint density at radius 1 is 1.00 bits per heavy atom. The molecule has 0 saturated carbocycles. The molecule has 6 rings (SSSR count). The number of carbonyl (C=O) groups is 1. The molecular weight excluding hydrogens is 775 g/mol. The van der Waals surface area contributed by atoms with Crippen LogP contribution in [-0.4, -0.2) is 88.6 Å². The number of aromatic nitrogens is 4. The van der Waals surface area contributed by atoms with Crippen LogP contribution in [0.3, 0.4) is 0 Å². The highest BCUT2D eigenvalue weighted by molar-refractivity contribution is 7.44. The fraction of sp³-hybridized carbons (Fsp3) is 0.395. The molecule has 0 bridgehead atoms. The summed E-state index contributed by atoms with van der Waals surface area (Å²) < 4.78 is 47.6. The standard InChI is InChI=1S/C43H53N6O9P/c1-9-24-54-42(51)47-41-45-39-38(40(50)46-41)44-27-48(39)37-25-35(58-59(56-10-2)49(28(3)4)29(5)6)36(57-37)26-55-43(30-14-12-11-13-15-30,31-16-20-33(52-7)21-17-31)32-18-22-34(53-8)23-19-32/h9,11-23,27-29,35-37H,1,10,24-26H2,2-8H3,(H2,45,46,47,50,51)/t35-,36+,37+,59?/m0/s1. The van der Waals surface area contributed by atoms with Crippen LogP contribution in [0.4, 0.5) is 10.7 Å². The number of rotatable bonds is 19. The van der Waals surface area contributed by atoms with E-state index in [1.807, 2.05) is 85.8 Å². The number of imidazole rings is 1. The molecule has 0 aliphatic carbocycles. The van der Waals surface area contributed by atoms with Crippen molar-refractivity contribution in [2.75, 3.05) is 39.4 Å². The van der Waals surface area contributed by atoms with Crippen LogP contribution in [0.2, 0.25) is 0 Å². The molecule has 1 amide bonds. The molecule has 2 aromatic heterocycles. The van der Waals surface area contributed by atoms with Crippen LogP contribution in [0.1, 0.15) is 64.0 Å². The van der Waals surface area contributed by atoms with Gasteiger partial charge in [-0.15, -0.1) is 0 Å². The monoisotopic (exact) mass is 828 g/mol. The van der Waals surface area contributed by atoms with Gasteiger partial charge in [-0.05, 0) is 75.6 Å². The van der Waals surface area contributed by atoms with Crippen molar-refractivity contribution >= 4 is 31.7 Å². The maximum atomic E-state index is 13.2. The third kappa shape index (κ3) is 9.67. The smallest absolute Gasteiger partial charge is 0.414 e. The molecule has 4 atom stereocenters. The summed E-state index contributed by atoms with van der Waals surface area (Å²) in [7, 11) is 1.71. The first-order valence-electron chi connectivity index (χ1n) is 19.6. The largest absolute Gasteiger partial charge is 0.497 e. The number of ether oxygens (including phenoxy) is 5. The van der Waals surface area contributed by atoms with E-state index < -0.39 is 44.2 Å². The Hall–Kier alpha value is -5.15. The Bertz CT molecular complexity index is 2140. The highest BCUT2D eigenvalue weighted by atomic mass is 31.2. The molecule has 15 nitrogen and oxygen atoms in total. The third-order valence-corrected chi connectivity index (χ3v) is 12.1. The first kappa shape index (κ1) is 43.4. The molecule has 1 aliphatic heterocycles. The first-order chi connectivity index (χ1) is 28.5. The average Bonchev–Trinajstić information content (AvgIpc) is 3.85. The number of anilines is 1. The molecule has 3 aromatic carbocycles. The Morgan fingerprint density at radius 2 is 1.61 bits per heavy atom. The molecule has 0 spiro atoms. The van der Waals surface area contributed by atoms with Crippen LogP contribution in [-0.2, 0) is 28.9 Å². The lowest BCUT2D eigenvalue weighted by Crippen LogP contribution is -2.39. The Kier molecular flexibility index (Phi) is 14.5. The molecule has 0 radical (unpaired) electrons. The normalized spacial score (nSPS) is 17.4. The second-order valence-electron chi connectivity index (χ2n) is 14.3. The number of H-pyrrole nitrogens is 1. The summed E-state index contributed by atoms with van der Waals surface area (Å²) in [6.07, 6.45) is 0.549. The highest BCUT2D eigenvalue weighted by Gasteiger charge is 2.45. The minimum atomic E-state index is -1.55. The molecule has 5 aromatic rings. The Morgan fingerprint density at radius 3 is 2.17 bits per heavy atom. The van der Waals surface area contributed by atoms with Gasteiger partial charge in [0, 0.05) is 18.5 Å². The second-order valence-corrected chi connectivity index (χ2v) is 15.7. The summed E-state index contributed by atoms with van der Waals surface area (Å²) >= 11 is 0. The molecule has 1 fully saturated rings. The maximum Gasteiger partial charge on any atom is 0.414 e. The van der Waals surface area contributed by atoms with E-state index in [4.69, 9.17) is 32.7 Å². The number of benzene rings is 3. The zero-order chi connectivity index (χ0) is 42.1. The lowest BCUT2D eigenvalue weighted by Gasteiger charge is -2.39. The number of hydrogen-bond acceptors (Lipinski definition) is 12. The van der Waals surface area contributed by atoms with Crippen LogP contribution in [0, 0.1) is 0 Å². The van der Waals surface area contributed by atoms with Gasteiger partial charge in [0.1, 0.15) is 36.0 Å². The highest BCUT2D eigenvalue weighted by Crippen LogP contribution is 2.51. The molecule has 1 saturated heterocycles. The van der Waals surface area contributed by atoms with Crippen LogP contribution < -0.4 is 20.3 Å². The van der Waals surface area contributed by atoms with Crippen molar-refractivity contribution in [2.24, 2.45) is 0 Å². The Labute approximate surface area is 345 Å². The first-order valence-corrected chi connectivity index (χ1v) is 20.7. The van der Waals surface area contributed by atoms with Crippen molar-refractivity contribution in [3.63, 3.8) is 0 Å². The molecule has 16 heteroatoms. The van der Waals surface area contributed by atoms with Crippen molar-refractivity contribution in [3.8, 4) is 11.5 Å². The predicted octanol–water partition coefficient (Wildman–Crippen LogP) is 7.93. The van der Waals surface area contributed by atoms with E-state index in [0.717, 1.165) is 16.7 Å². The van der Waals surface area contributed by atoms with Gasteiger partial charge in [-0.25, -0.2) is 14.4 Å². The van der Waals surface area contributed by atoms with Crippen LogP contribution in [0.5, 0.6) is 11.5 Å². The van der Waals surface area contributed by atoms with E-state index in [0.29, 0.717) is 24.5 Å². The van der Waals surface area contributed by atoms with E-state index in [2.05, 4.69) is 59.2 Å². The van der Waals surface area contributed by atoms with Gasteiger partial charge in [-0.1, -0.05) is 67.3 Å². The van der Waals surface area contributed by atoms with Crippen molar-refractivity contribution in [1.29, 1.82) is 0 Å². The van der Waals surface area contributed by atoms with Gasteiger partial charge in [0.25, 0.3) is 14.1 Å². The second kappa shape index (κ2) is 19.7. The third-order valence-electron chi connectivity index (χ3n) is 9.83. The van der Waals surface area contributed by atoms with Crippen molar-refractivity contribution in [3.05, 3.63) is 125 Å². The quantitative estimate of drug-likeness (QED) is 0.0471. The molecular formula is C43H53N6O9P. The van der Waals surface area contributed by atoms with Crippen molar-refractivity contribution in [2.45, 2.75) is 77.2 Å². The van der Waals surface area contributed by atoms with Gasteiger partial charge < -0.3 is 32.7 Å². The zero-order valence-electron chi connectivity index (χ0n) is 34.5. The van der Waals surface area contributed by atoms with Gasteiger partial charge in [-0.3, -0.25) is 19.7 Å². The lowest BCUT2D eigenvalue weighted by atomic mass is 9.80. The summed E-state index contributed by atoms with van der Waals surface area (Å²) in [6, 6.07) is 25.9. The fourth-order valence-electron chi connectivity index (χ4n) is 7.23. The molecule has 3 heterocycles. The van der Waals surface area contributed by atoms with Gasteiger partial charge in [0.05, 0.1) is 39.9 Å². The Balaban J connectivity index is 1.43. The topological polar surface area (TPSA) is 161 Å². The number of nitrogens with one attached hydrogen (secondary N) is 2. The van der Waals surface area contributed by atoms with E-state index in [9.17, 15) is 9.59 Å². The number of amides is 1. The van der Waals surface area contributed by atoms with E-state index in [1.54, 1.807) is 18.8 Å². The molecule has 1 unspecified atom stereocenters. The average molecular weight is 829 g/mol. The van der Waals surface area contributed by atoms with E-state index in [-0.39, 0.29) is 42.4 Å². The summed E-state index contributed by atoms with van der Waals surface area (Å²) in [4.78, 5) is 37.0. The number of carbonyl (C=O) groups excluding carboxylic acids is 1. The zero-order valence-corrected chi connectivity index (χ0v) is 35.4. The fourth-order valence-corrected chi connectivity index (χ4v) is 8.96. The van der Waals surface area contributed by atoms with E-state index in [1.165, 1.54) is 12.4 Å². The molecule has 314 valence electrons. The van der Waals surface area contributed by atoms with Gasteiger partial charge in [-0.2, -0.15) is 4.98 Å². The van der Waals surface area contributed by atoms with Gasteiger partial charge >= 0.3 is 6.09 Å². The molecule has 59 heavy (non-hydrogen) atoms. The van der Waals surface area contributed by atoms with Crippen molar-refractivity contribution < 1.29 is 37.5 Å². The summed E-state index contributed by atoms with van der Waals surface area (Å²) in [5.74, 6) is 1.30. The summed E-state index contributed by atoms with van der Waals surface area (Å²) in [5.41, 5.74) is 1.20. The van der Waals surface area contributed by atoms with Crippen LogP contribution >= 0.6 is 8.53 Å². The number of methoxy groups -OCH3 is 2.